The lowest BCUT2D eigenvalue weighted by Gasteiger charge is -2.17. The summed E-state index contributed by atoms with van der Waals surface area (Å²) < 4.78 is 26.7. The molecule has 16 heavy (non-hydrogen) atoms. The molecule has 1 aromatic carbocycles. The van der Waals surface area contributed by atoms with Crippen molar-refractivity contribution in [1.82, 2.24) is 5.32 Å². The molecule has 0 radical (unpaired) electrons. The SMILES string of the molecule is C#CCC(NCC)c1cc(C)c(F)cc1F. The lowest BCUT2D eigenvalue weighted by Crippen LogP contribution is -2.21. The van der Waals surface area contributed by atoms with Gasteiger partial charge in [0.25, 0.3) is 0 Å². The fourth-order valence-corrected chi connectivity index (χ4v) is 1.60. The maximum Gasteiger partial charge on any atom is 0.130 e. The molecule has 0 aromatic heterocycles. The van der Waals surface area contributed by atoms with E-state index in [1.54, 1.807) is 6.92 Å². The van der Waals surface area contributed by atoms with E-state index >= 15 is 0 Å². The van der Waals surface area contributed by atoms with Gasteiger partial charge in [0.1, 0.15) is 11.6 Å². The second kappa shape index (κ2) is 5.62. The summed E-state index contributed by atoms with van der Waals surface area (Å²) in [6, 6.07) is 2.16. The normalized spacial score (nSPS) is 12.2. The van der Waals surface area contributed by atoms with Crippen LogP contribution >= 0.6 is 0 Å². The average Bonchev–Trinajstić information content (AvgIpc) is 2.23. The molecule has 0 bridgehead atoms. The molecule has 0 heterocycles. The second-order valence-electron chi connectivity index (χ2n) is 3.64. The number of halogens is 2. The van der Waals surface area contributed by atoms with Crippen molar-refractivity contribution in [2.24, 2.45) is 0 Å². The number of rotatable bonds is 4. The van der Waals surface area contributed by atoms with E-state index in [1.807, 2.05) is 6.92 Å². The van der Waals surface area contributed by atoms with Crippen molar-refractivity contribution in [2.75, 3.05) is 6.54 Å². The molecule has 1 N–H and O–H groups in total. The Morgan fingerprint density at radius 3 is 2.62 bits per heavy atom. The molecule has 0 spiro atoms. The molecule has 0 saturated carbocycles. The first-order valence-corrected chi connectivity index (χ1v) is 5.22. The third-order valence-corrected chi connectivity index (χ3v) is 2.43. The summed E-state index contributed by atoms with van der Waals surface area (Å²) >= 11 is 0. The summed E-state index contributed by atoms with van der Waals surface area (Å²) in [5.74, 6) is 1.41. The lowest BCUT2D eigenvalue weighted by molar-refractivity contribution is 0.509. The van der Waals surface area contributed by atoms with Gasteiger partial charge >= 0.3 is 0 Å². The van der Waals surface area contributed by atoms with E-state index in [-0.39, 0.29) is 6.04 Å². The summed E-state index contributed by atoms with van der Waals surface area (Å²) in [7, 11) is 0. The maximum absolute atomic E-state index is 13.6. The van der Waals surface area contributed by atoms with Crippen molar-refractivity contribution in [3.05, 3.63) is 34.9 Å². The van der Waals surface area contributed by atoms with Crippen LogP contribution in [0.2, 0.25) is 0 Å². The summed E-state index contributed by atoms with van der Waals surface area (Å²) in [6.45, 7) is 4.21. The van der Waals surface area contributed by atoms with Gasteiger partial charge in [0, 0.05) is 24.1 Å². The van der Waals surface area contributed by atoms with Crippen molar-refractivity contribution in [1.29, 1.82) is 0 Å². The monoisotopic (exact) mass is 223 g/mol. The molecule has 0 aliphatic heterocycles. The standard InChI is InChI=1S/C13H15F2N/c1-4-6-13(16-5-2)10-7-9(3)11(14)8-12(10)15/h1,7-8,13,16H,5-6H2,2-3H3. The summed E-state index contributed by atoms with van der Waals surface area (Å²) in [5, 5.41) is 3.08. The highest BCUT2D eigenvalue weighted by Crippen LogP contribution is 2.22. The van der Waals surface area contributed by atoms with Crippen LogP contribution in [0, 0.1) is 30.9 Å². The zero-order valence-corrected chi connectivity index (χ0v) is 9.48. The van der Waals surface area contributed by atoms with Gasteiger partial charge in [0.05, 0.1) is 0 Å². The molecule has 1 atom stereocenters. The van der Waals surface area contributed by atoms with Crippen LogP contribution in [-0.2, 0) is 0 Å². The van der Waals surface area contributed by atoms with E-state index in [1.165, 1.54) is 6.07 Å². The minimum atomic E-state index is -0.552. The number of hydrogen-bond acceptors (Lipinski definition) is 1. The van der Waals surface area contributed by atoms with Crippen LogP contribution in [-0.4, -0.2) is 6.54 Å². The van der Waals surface area contributed by atoms with E-state index in [0.717, 1.165) is 6.07 Å². The van der Waals surface area contributed by atoms with E-state index in [4.69, 9.17) is 6.42 Å². The largest absolute Gasteiger partial charge is 0.309 e. The fraction of sp³-hybridized carbons (Fsp3) is 0.385. The zero-order valence-electron chi connectivity index (χ0n) is 9.48. The molecule has 0 aliphatic carbocycles. The van der Waals surface area contributed by atoms with Crippen LogP contribution in [0.5, 0.6) is 0 Å². The van der Waals surface area contributed by atoms with E-state index < -0.39 is 11.6 Å². The Balaban J connectivity index is 3.09. The zero-order chi connectivity index (χ0) is 12.1. The number of nitrogens with one attached hydrogen (secondary N) is 1. The van der Waals surface area contributed by atoms with Gasteiger partial charge in [-0.25, -0.2) is 8.78 Å². The fourth-order valence-electron chi connectivity index (χ4n) is 1.60. The molecular weight excluding hydrogens is 208 g/mol. The number of terminal acetylenes is 1. The number of hydrogen-bond donors (Lipinski definition) is 1. The molecule has 3 heteroatoms. The Labute approximate surface area is 94.9 Å². The Bertz CT molecular complexity index is 407. The maximum atomic E-state index is 13.6. The van der Waals surface area contributed by atoms with Gasteiger partial charge < -0.3 is 5.32 Å². The third kappa shape index (κ3) is 2.80. The van der Waals surface area contributed by atoms with Gasteiger partial charge in [-0.3, -0.25) is 0 Å². The molecular formula is C13H15F2N. The average molecular weight is 223 g/mol. The second-order valence-corrected chi connectivity index (χ2v) is 3.64. The van der Waals surface area contributed by atoms with Crippen LogP contribution in [0.3, 0.4) is 0 Å². The number of aryl methyl sites for hydroxylation is 1. The molecule has 1 aromatic rings. The third-order valence-electron chi connectivity index (χ3n) is 2.43. The molecule has 0 aliphatic rings. The van der Waals surface area contributed by atoms with Crippen LogP contribution in [0.25, 0.3) is 0 Å². The van der Waals surface area contributed by atoms with E-state index in [0.29, 0.717) is 24.1 Å². The summed E-state index contributed by atoms with van der Waals surface area (Å²) in [5.41, 5.74) is 0.857. The Hall–Kier alpha value is -1.40. The topological polar surface area (TPSA) is 12.0 Å². The van der Waals surface area contributed by atoms with Crippen LogP contribution in [0.4, 0.5) is 8.78 Å². The molecule has 1 rings (SSSR count). The van der Waals surface area contributed by atoms with E-state index in [2.05, 4.69) is 11.2 Å². The van der Waals surface area contributed by atoms with Gasteiger partial charge in [0.15, 0.2) is 0 Å². The Morgan fingerprint density at radius 2 is 2.06 bits per heavy atom. The van der Waals surface area contributed by atoms with Crippen molar-refractivity contribution < 1.29 is 8.78 Å². The van der Waals surface area contributed by atoms with Gasteiger partial charge in [-0.15, -0.1) is 12.3 Å². The van der Waals surface area contributed by atoms with Crippen molar-refractivity contribution in [3.63, 3.8) is 0 Å². The molecule has 86 valence electrons. The van der Waals surface area contributed by atoms with Crippen molar-refractivity contribution in [3.8, 4) is 12.3 Å². The minimum absolute atomic E-state index is 0.255. The number of benzene rings is 1. The molecule has 0 fully saturated rings. The van der Waals surface area contributed by atoms with Crippen LogP contribution in [0.15, 0.2) is 12.1 Å². The lowest BCUT2D eigenvalue weighted by atomic mass is 10.0. The Morgan fingerprint density at radius 1 is 1.38 bits per heavy atom. The highest BCUT2D eigenvalue weighted by Gasteiger charge is 2.15. The highest BCUT2D eigenvalue weighted by molar-refractivity contribution is 5.29. The highest BCUT2D eigenvalue weighted by atomic mass is 19.1. The van der Waals surface area contributed by atoms with Crippen LogP contribution in [0.1, 0.15) is 30.5 Å². The molecule has 1 nitrogen and oxygen atoms in total. The quantitative estimate of drug-likeness (QED) is 0.774. The first-order chi connectivity index (χ1) is 7.60. The van der Waals surface area contributed by atoms with Gasteiger partial charge in [-0.1, -0.05) is 6.92 Å². The van der Waals surface area contributed by atoms with Gasteiger partial charge in [0.2, 0.25) is 0 Å². The first kappa shape index (κ1) is 12.7. The smallest absolute Gasteiger partial charge is 0.130 e. The van der Waals surface area contributed by atoms with Crippen molar-refractivity contribution in [2.45, 2.75) is 26.3 Å². The first-order valence-electron chi connectivity index (χ1n) is 5.22. The molecule has 0 saturated heterocycles. The molecule has 1 unspecified atom stereocenters. The minimum Gasteiger partial charge on any atom is -0.309 e. The Kier molecular flexibility index (Phi) is 4.45. The summed E-state index contributed by atoms with van der Waals surface area (Å²) in [6.07, 6.45) is 5.61. The van der Waals surface area contributed by atoms with Gasteiger partial charge in [-0.2, -0.15) is 0 Å². The van der Waals surface area contributed by atoms with E-state index in [9.17, 15) is 8.78 Å². The van der Waals surface area contributed by atoms with Crippen molar-refractivity contribution >= 4 is 0 Å². The summed E-state index contributed by atoms with van der Waals surface area (Å²) in [4.78, 5) is 0. The van der Waals surface area contributed by atoms with Gasteiger partial charge in [-0.05, 0) is 25.1 Å². The predicted octanol–water partition coefficient (Wildman–Crippen LogP) is 2.95. The predicted molar refractivity (Wildman–Crippen MR) is 61.0 cm³/mol. The van der Waals surface area contributed by atoms with Crippen LogP contribution < -0.4 is 5.32 Å². The molecule has 0 amide bonds.